The molecule has 0 aliphatic carbocycles. The number of nitrogens with one attached hydrogen (secondary N) is 2. The number of fused-ring (bicyclic) bond motifs is 8. The fourth-order valence-electron chi connectivity index (χ4n) is 10.8. The number of hydrogen-bond acceptors (Lipinski definition) is 23. The second-order valence-corrected chi connectivity index (χ2v) is 26.6. The van der Waals surface area contributed by atoms with Gasteiger partial charge in [-0.1, -0.05) is 61.5 Å². The van der Waals surface area contributed by atoms with Crippen molar-refractivity contribution in [3.63, 3.8) is 0 Å². The van der Waals surface area contributed by atoms with E-state index in [0.717, 1.165) is 41.3 Å². The first-order valence-electron chi connectivity index (χ1n) is 27.2. The lowest BCUT2D eigenvalue weighted by molar-refractivity contribution is -0.118. The van der Waals surface area contributed by atoms with Crippen LogP contribution in [0.3, 0.4) is 0 Å². The molecule has 1 amide bonds. The predicted molar refractivity (Wildman–Crippen MR) is 313 cm³/mol. The highest BCUT2D eigenvalue weighted by atomic mass is 32.7. The number of imidazole rings is 2. The van der Waals surface area contributed by atoms with Gasteiger partial charge in [-0.05, 0) is 71.0 Å². The average molecular weight is 1230 g/mol. The zero-order valence-corrected chi connectivity index (χ0v) is 48.4. The summed E-state index contributed by atoms with van der Waals surface area (Å²) in [7, 11) is -3.10. The normalized spacial score (nSPS) is 26.5. The van der Waals surface area contributed by atoms with E-state index in [1.165, 1.54) is 40.4 Å². The molecule has 13 rings (SSSR count). The van der Waals surface area contributed by atoms with Crippen molar-refractivity contribution in [1.82, 2.24) is 50.0 Å². The second kappa shape index (κ2) is 23.5. The van der Waals surface area contributed by atoms with Gasteiger partial charge in [0.15, 0.2) is 41.9 Å². The standard InChI is InChI=1S/C55H54BF2N13O12P2S/c1-2-41(72)68-23-32-7-3-4-8-35(32)44-47(36-9-5-6-10-38(36)68)71(67-66-44)21-22-76-33-17-13-31(14-18-33)55(73)79-34-15-11-30(12-16-34)26-86-85(75)78-25-40-48(42(57)53(81-40)70-29-65-46-50(60)62-27-63-52(46)70)82-84(56,74)77-24-39-49(83-85)43(58)54(80-39)69-28-64-45-37(59)19-20-61-51(45)69/h3-20,27-29,39-40,42-43,48-49,53-54,66-67H,2,21-26,56H2,1H3,(H2,59,61)(H2,60,62,63)/t39-,40-,42-,43-,48-,49-,53-,54-,84+,85+/m1/s1. The quantitative estimate of drug-likeness (QED) is 0.0406. The minimum atomic E-state index is -4.57. The van der Waals surface area contributed by atoms with E-state index in [0.29, 0.717) is 42.2 Å². The van der Waals surface area contributed by atoms with Crippen LogP contribution in [-0.4, -0.2) is 122 Å². The van der Waals surface area contributed by atoms with E-state index >= 15 is 13.3 Å². The van der Waals surface area contributed by atoms with Gasteiger partial charge in [-0.25, -0.2) is 43.1 Å². The number of amides is 1. The van der Waals surface area contributed by atoms with Crippen LogP contribution in [-0.2, 0) is 53.8 Å². The summed E-state index contributed by atoms with van der Waals surface area (Å²) in [6.07, 6.45) is -7.77. The highest BCUT2D eigenvalue weighted by Gasteiger charge is 2.55. The number of nitrogen functional groups attached to an aromatic ring is 2. The average Bonchev–Trinajstić information content (AvgIpc) is 2.70. The maximum Gasteiger partial charge on any atom is 0.389 e. The molecule has 25 nitrogen and oxygen atoms in total. The molecule has 4 aromatic carbocycles. The number of aromatic nitrogens is 7. The molecule has 3 saturated heterocycles. The Hall–Kier alpha value is -7.82. The van der Waals surface area contributed by atoms with Gasteiger partial charge in [0.05, 0.1) is 67.3 Å². The van der Waals surface area contributed by atoms with Crippen molar-refractivity contribution in [3.8, 4) is 11.5 Å². The van der Waals surface area contributed by atoms with Gasteiger partial charge in [0.1, 0.15) is 59.9 Å². The molecule has 444 valence electrons. The van der Waals surface area contributed by atoms with E-state index in [4.69, 9.17) is 48.5 Å². The van der Waals surface area contributed by atoms with E-state index in [1.807, 2.05) is 65.4 Å². The molecular weight excluding hydrogens is 1180 g/mol. The zero-order chi connectivity index (χ0) is 59.4. The van der Waals surface area contributed by atoms with E-state index in [2.05, 4.69) is 35.9 Å². The Morgan fingerprint density at radius 1 is 0.779 bits per heavy atom. The number of carbonyl (C=O) groups is 2. The van der Waals surface area contributed by atoms with Crippen molar-refractivity contribution in [3.05, 3.63) is 156 Å². The molecule has 0 spiro atoms. The summed E-state index contributed by atoms with van der Waals surface area (Å²) in [6, 6.07) is 30.2. The van der Waals surface area contributed by atoms with E-state index in [9.17, 15) is 14.2 Å². The topological polar surface area (TPSA) is 299 Å². The first kappa shape index (κ1) is 57.3. The third-order valence-electron chi connectivity index (χ3n) is 15.1. The number of rotatable bonds is 12. The van der Waals surface area contributed by atoms with Crippen LogP contribution in [0.5, 0.6) is 11.5 Å². The van der Waals surface area contributed by atoms with Crippen molar-refractivity contribution in [2.24, 2.45) is 0 Å². The number of hydrogen-bond donors (Lipinski definition) is 4. The molecule has 0 bridgehead atoms. The fourth-order valence-corrected chi connectivity index (χ4v) is 15.4. The maximum absolute atomic E-state index is 17.1. The van der Waals surface area contributed by atoms with Gasteiger partial charge in [0, 0.05) is 29.5 Å². The number of esters is 1. The summed E-state index contributed by atoms with van der Waals surface area (Å²) in [5, 5.41) is 1.95. The lowest BCUT2D eigenvalue weighted by atomic mass is 9.96. The molecule has 0 saturated carbocycles. The van der Waals surface area contributed by atoms with Crippen LogP contribution < -0.4 is 36.8 Å². The molecule has 86 heavy (non-hydrogen) atoms. The van der Waals surface area contributed by atoms with Crippen molar-refractivity contribution >= 4 is 96.0 Å². The third-order valence-corrected chi connectivity index (χ3v) is 20.0. The number of pyridine rings is 1. The van der Waals surface area contributed by atoms with Crippen LogP contribution >= 0.6 is 25.7 Å². The van der Waals surface area contributed by atoms with Crippen LogP contribution in [0.1, 0.15) is 58.4 Å². The Kier molecular flexibility index (Phi) is 15.6. The Labute approximate surface area is 493 Å². The first-order chi connectivity index (χ1) is 41.6. The van der Waals surface area contributed by atoms with E-state index in [-0.39, 0.29) is 63.4 Å². The largest absolute Gasteiger partial charge is 0.492 e. The molecule has 31 heteroatoms. The summed E-state index contributed by atoms with van der Waals surface area (Å²) in [6.45, 7) is -2.94. The lowest BCUT2D eigenvalue weighted by Crippen LogP contribution is -2.40. The smallest absolute Gasteiger partial charge is 0.389 e. The highest BCUT2D eigenvalue weighted by Crippen LogP contribution is 2.65. The molecule has 0 unspecified atom stereocenters. The van der Waals surface area contributed by atoms with Crippen molar-refractivity contribution in [2.75, 3.05) is 42.7 Å². The van der Waals surface area contributed by atoms with Gasteiger partial charge in [0.25, 0.3) is 15.0 Å². The number of nitrogens with zero attached hydrogens (tertiary/aromatic N) is 9. The molecule has 5 aliphatic heterocycles. The molecule has 4 aromatic heterocycles. The van der Waals surface area contributed by atoms with Gasteiger partial charge in [0.2, 0.25) is 5.91 Å². The summed E-state index contributed by atoms with van der Waals surface area (Å²) >= 11 is 0.693. The summed E-state index contributed by atoms with van der Waals surface area (Å²) < 4.78 is 114. The number of benzene rings is 4. The van der Waals surface area contributed by atoms with Crippen molar-refractivity contribution in [2.45, 2.75) is 74.9 Å². The Morgan fingerprint density at radius 2 is 1.44 bits per heavy atom. The van der Waals surface area contributed by atoms with E-state index < -0.39 is 82.7 Å². The highest BCUT2D eigenvalue weighted by molar-refractivity contribution is 8.54. The molecule has 10 atom stereocenters. The molecule has 8 aromatic rings. The fraction of sp³-hybridized carbons (Fsp3) is 0.291. The van der Waals surface area contributed by atoms with Crippen molar-refractivity contribution < 1.29 is 64.5 Å². The first-order valence-corrected chi connectivity index (χ1v) is 32.4. The van der Waals surface area contributed by atoms with Crippen LogP contribution in [0.15, 0.2) is 128 Å². The molecule has 6 N–H and O–H groups in total. The van der Waals surface area contributed by atoms with Crippen LogP contribution in [0.25, 0.3) is 33.7 Å². The van der Waals surface area contributed by atoms with Gasteiger partial charge in [-0.3, -0.25) is 32.6 Å². The minimum absolute atomic E-state index is 0.0124. The van der Waals surface area contributed by atoms with Crippen LogP contribution in [0.4, 0.5) is 26.0 Å². The van der Waals surface area contributed by atoms with Crippen molar-refractivity contribution in [1.29, 1.82) is 0 Å². The van der Waals surface area contributed by atoms with Gasteiger partial charge in [-0.2, -0.15) is 0 Å². The second-order valence-electron chi connectivity index (χ2n) is 20.6. The Morgan fingerprint density at radius 3 is 2.19 bits per heavy atom. The number of ether oxygens (including phenoxy) is 4. The summed E-state index contributed by atoms with van der Waals surface area (Å²) in [5.41, 5.74) is 26.0. The number of hydrazine groups is 2. The molecule has 5 aliphatic rings. The van der Waals surface area contributed by atoms with Crippen LogP contribution in [0, 0.1) is 0 Å². The Bertz CT molecular complexity index is 4040. The zero-order valence-electron chi connectivity index (χ0n) is 45.8. The number of anilines is 3. The number of nitrogens with two attached hydrogens (primary N) is 2. The van der Waals surface area contributed by atoms with Gasteiger partial charge < -0.3 is 49.8 Å². The number of carbonyl (C=O) groups excluding carboxylic acids is 2. The summed E-state index contributed by atoms with van der Waals surface area (Å²) in [4.78, 5) is 49.6. The minimum Gasteiger partial charge on any atom is -0.492 e. The van der Waals surface area contributed by atoms with E-state index in [1.54, 1.807) is 48.5 Å². The predicted octanol–water partition coefficient (Wildman–Crippen LogP) is 7.21. The number of alkyl halides is 2. The SMILES string of the molecule is B[P@]1(=O)OC[C@H]2O[C@@H](n3cnc4c(N)ccnc43)[C@H](F)[C@@H]2O[P@@](=O)(SCc2ccc(OC(=O)c3ccc(OCCN4NNC5=C4c4ccccc4N(C(=O)CC)Cc4ccccc45)cc3)cc2)OC[C@H]2O[C@@H](n3cnc4c(N)ncnc43)[C@H](F)[C@@H]2O1. The number of halogens is 2. The van der Waals surface area contributed by atoms with Gasteiger partial charge in [-0.15, -0.1) is 5.53 Å². The van der Waals surface area contributed by atoms with Gasteiger partial charge >= 0.3 is 12.8 Å². The molecule has 9 heterocycles. The molecule has 3 fully saturated rings. The summed E-state index contributed by atoms with van der Waals surface area (Å²) in [5.74, 6) is 0.0498. The van der Waals surface area contributed by atoms with Crippen LogP contribution in [0.2, 0.25) is 0 Å². The lowest BCUT2D eigenvalue weighted by Gasteiger charge is -2.30. The molecular formula is C55H54BF2N13O12P2S. The Balaban J connectivity index is 0.683. The molecule has 0 radical (unpaired) electrons. The maximum atomic E-state index is 17.1. The third kappa shape index (κ3) is 11.1. The number of para-hydroxylation sites is 1. The monoisotopic (exact) mass is 1230 g/mol.